The molecule has 0 saturated heterocycles. The maximum atomic E-state index is 12.3. The van der Waals surface area contributed by atoms with Gasteiger partial charge in [0.05, 0.1) is 0 Å². The van der Waals surface area contributed by atoms with Crippen molar-refractivity contribution in [2.24, 2.45) is 0 Å². The van der Waals surface area contributed by atoms with E-state index in [1.54, 1.807) is 6.92 Å². The molecule has 0 aromatic rings. The number of carboxylic acids is 1. The summed E-state index contributed by atoms with van der Waals surface area (Å²) in [5.74, 6) is -1.51. The molecular weight excluding hydrogens is 197 g/mol. The first-order valence-corrected chi connectivity index (χ1v) is 4.31. The highest BCUT2D eigenvalue weighted by molar-refractivity contribution is 5.87. The molecule has 14 heavy (non-hydrogen) atoms. The molecule has 0 amide bonds. The van der Waals surface area contributed by atoms with Gasteiger partial charge in [-0.15, -0.1) is 0 Å². The number of carbonyl (C=O) groups is 1. The van der Waals surface area contributed by atoms with Crippen LogP contribution >= 0.6 is 0 Å². The van der Waals surface area contributed by atoms with Crippen molar-refractivity contribution in [3.05, 3.63) is 11.1 Å². The van der Waals surface area contributed by atoms with Crippen LogP contribution in [0, 0.1) is 0 Å². The summed E-state index contributed by atoms with van der Waals surface area (Å²) < 4.78 is 37.0. The average molecular weight is 210 g/mol. The van der Waals surface area contributed by atoms with Crippen LogP contribution in [0.3, 0.4) is 0 Å². The maximum absolute atomic E-state index is 12.3. The Kier molecular flexibility index (Phi) is 4.67. The number of halogens is 3. The Balaban J connectivity index is 4.90. The molecule has 0 aromatic carbocycles. The van der Waals surface area contributed by atoms with E-state index in [0.29, 0.717) is 12.8 Å². The van der Waals surface area contributed by atoms with Crippen molar-refractivity contribution < 1.29 is 23.1 Å². The second-order valence-corrected chi connectivity index (χ2v) is 3.01. The zero-order chi connectivity index (χ0) is 11.4. The molecule has 0 aliphatic rings. The standard InChI is InChI=1S/C9H13F3O2/c1-3-4-5-7(9(10,11)12)6(2)8(13)14/h3-5H2,1-2H3,(H,13,14). The molecule has 0 unspecified atom stereocenters. The highest BCUT2D eigenvalue weighted by atomic mass is 19.4. The predicted octanol–water partition coefficient (Wildman–Crippen LogP) is 3.14. The lowest BCUT2D eigenvalue weighted by molar-refractivity contribution is -0.134. The molecule has 0 aliphatic carbocycles. The number of hydrogen-bond donors (Lipinski definition) is 1. The fourth-order valence-corrected chi connectivity index (χ4v) is 1.02. The van der Waals surface area contributed by atoms with Crippen LogP contribution in [0.25, 0.3) is 0 Å². The zero-order valence-electron chi connectivity index (χ0n) is 8.11. The van der Waals surface area contributed by atoms with Crippen LogP contribution in [0.1, 0.15) is 33.1 Å². The molecule has 0 aromatic heterocycles. The van der Waals surface area contributed by atoms with Crippen LogP contribution in [-0.4, -0.2) is 17.3 Å². The average Bonchev–Trinajstić information content (AvgIpc) is 2.02. The van der Waals surface area contributed by atoms with Crippen molar-refractivity contribution in [3.63, 3.8) is 0 Å². The minimum atomic E-state index is -4.53. The van der Waals surface area contributed by atoms with Crippen molar-refractivity contribution in [2.45, 2.75) is 39.3 Å². The van der Waals surface area contributed by atoms with Gasteiger partial charge in [0.2, 0.25) is 0 Å². The van der Waals surface area contributed by atoms with Crippen molar-refractivity contribution in [1.29, 1.82) is 0 Å². The highest BCUT2D eigenvalue weighted by Gasteiger charge is 2.35. The van der Waals surface area contributed by atoms with Crippen molar-refractivity contribution in [2.75, 3.05) is 0 Å². The molecule has 0 aliphatic heterocycles. The quantitative estimate of drug-likeness (QED) is 0.724. The van der Waals surface area contributed by atoms with Crippen LogP contribution in [0.4, 0.5) is 13.2 Å². The summed E-state index contributed by atoms with van der Waals surface area (Å²) in [7, 11) is 0. The first-order chi connectivity index (χ1) is 6.30. The predicted molar refractivity (Wildman–Crippen MR) is 45.9 cm³/mol. The summed E-state index contributed by atoms with van der Waals surface area (Å²) >= 11 is 0. The maximum Gasteiger partial charge on any atom is 0.413 e. The Morgan fingerprint density at radius 1 is 1.36 bits per heavy atom. The van der Waals surface area contributed by atoms with E-state index >= 15 is 0 Å². The summed E-state index contributed by atoms with van der Waals surface area (Å²) in [4.78, 5) is 10.4. The second-order valence-electron chi connectivity index (χ2n) is 3.01. The summed E-state index contributed by atoms with van der Waals surface area (Å²) in [6.45, 7) is 2.74. The van der Waals surface area contributed by atoms with E-state index < -0.39 is 23.3 Å². The fraction of sp³-hybridized carbons (Fsp3) is 0.667. The molecule has 0 saturated carbocycles. The van der Waals surface area contributed by atoms with Gasteiger partial charge in [0.15, 0.2) is 0 Å². The number of allylic oxidation sites excluding steroid dienone is 1. The van der Waals surface area contributed by atoms with Crippen LogP contribution in [0.2, 0.25) is 0 Å². The third-order valence-electron chi connectivity index (χ3n) is 1.90. The van der Waals surface area contributed by atoms with E-state index in [1.165, 1.54) is 0 Å². The van der Waals surface area contributed by atoms with Crippen LogP contribution in [-0.2, 0) is 4.79 Å². The highest BCUT2D eigenvalue weighted by Crippen LogP contribution is 2.32. The molecule has 0 rings (SSSR count). The number of hydrogen-bond acceptors (Lipinski definition) is 1. The van der Waals surface area contributed by atoms with E-state index in [1.807, 2.05) is 0 Å². The number of carboxylic acid groups (broad SMARTS) is 1. The Labute approximate surface area is 80.4 Å². The topological polar surface area (TPSA) is 37.3 Å². The minimum Gasteiger partial charge on any atom is -0.478 e. The minimum absolute atomic E-state index is 0.224. The Morgan fingerprint density at radius 2 is 1.86 bits per heavy atom. The molecular formula is C9H13F3O2. The molecule has 2 nitrogen and oxygen atoms in total. The van der Waals surface area contributed by atoms with Gasteiger partial charge in [-0.05, 0) is 19.8 Å². The summed E-state index contributed by atoms with van der Waals surface area (Å²) in [6.07, 6.45) is -3.80. The zero-order valence-corrected chi connectivity index (χ0v) is 8.11. The Bertz CT molecular complexity index is 241. The van der Waals surface area contributed by atoms with Gasteiger partial charge < -0.3 is 5.11 Å². The molecule has 0 spiro atoms. The van der Waals surface area contributed by atoms with Crippen molar-refractivity contribution in [1.82, 2.24) is 0 Å². The van der Waals surface area contributed by atoms with Crippen LogP contribution in [0.5, 0.6) is 0 Å². The largest absolute Gasteiger partial charge is 0.478 e. The van der Waals surface area contributed by atoms with Crippen LogP contribution in [0.15, 0.2) is 11.1 Å². The first kappa shape index (κ1) is 13.0. The molecule has 1 N–H and O–H groups in total. The number of aliphatic carboxylic acids is 1. The number of unbranched alkanes of at least 4 members (excludes halogenated alkanes) is 1. The van der Waals surface area contributed by atoms with E-state index in [2.05, 4.69) is 0 Å². The summed E-state index contributed by atoms with van der Waals surface area (Å²) in [5.41, 5.74) is -1.53. The monoisotopic (exact) mass is 210 g/mol. The SMILES string of the molecule is CCCCC(=C(C)C(=O)O)C(F)(F)F. The van der Waals surface area contributed by atoms with Crippen molar-refractivity contribution in [3.8, 4) is 0 Å². The Hall–Kier alpha value is -1.00. The van der Waals surface area contributed by atoms with Gasteiger partial charge in [0, 0.05) is 11.1 Å². The van der Waals surface area contributed by atoms with Crippen molar-refractivity contribution >= 4 is 5.97 Å². The lowest BCUT2D eigenvalue weighted by Crippen LogP contribution is -2.17. The molecule has 0 heterocycles. The summed E-state index contributed by atoms with van der Waals surface area (Å²) in [5, 5.41) is 8.46. The van der Waals surface area contributed by atoms with Gasteiger partial charge in [-0.3, -0.25) is 0 Å². The van der Waals surface area contributed by atoms with E-state index in [4.69, 9.17) is 5.11 Å². The third kappa shape index (κ3) is 3.81. The molecule has 5 heteroatoms. The van der Waals surface area contributed by atoms with Gasteiger partial charge >= 0.3 is 12.1 Å². The number of rotatable bonds is 4. The Morgan fingerprint density at radius 3 is 2.14 bits per heavy atom. The third-order valence-corrected chi connectivity index (χ3v) is 1.90. The molecule has 0 fully saturated rings. The fourth-order valence-electron chi connectivity index (χ4n) is 1.02. The smallest absolute Gasteiger partial charge is 0.413 e. The van der Waals surface area contributed by atoms with E-state index in [9.17, 15) is 18.0 Å². The van der Waals surface area contributed by atoms with E-state index in [0.717, 1.165) is 6.92 Å². The molecule has 82 valence electrons. The van der Waals surface area contributed by atoms with Gasteiger partial charge in [-0.2, -0.15) is 13.2 Å². The van der Waals surface area contributed by atoms with E-state index in [-0.39, 0.29) is 6.42 Å². The normalized spacial score (nSPS) is 13.8. The molecule has 0 bridgehead atoms. The van der Waals surface area contributed by atoms with Gasteiger partial charge in [-0.1, -0.05) is 13.3 Å². The van der Waals surface area contributed by atoms with Gasteiger partial charge in [-0.25, -0.2) is 4.79 Å². The van der Waals surface area contributed by atoms with Gasteiger partial charge in [0.25, 0.3) is 0 Å². The summed E-state index contributed by atoms with van der Waals surface area (Å²) in [6, 6.07) is 0. The first-order valence-electron chi connectivity index (χ1n) is 4.31. The second kappa shape index (κ2) is 5.02. The van der Waals surface area contributed by atoms with Gasteiger partial charge in [0.1, 0.15) is 0 Å². The lowest BCUT2D eigenvalue weighted by Gasteiger charge is -2.13. The van der Waals surface area contributed by atoms with Crippen LogP contribution < -0.4 is 0 Å². The number of alkyl halides is 3. The lowest BCUT2D eigenvalue weighted by atomic mass is 10.0. The molecule has 0 atom stereocenters. The molecule has 0 radical (unpaired) electrons.